The van der Waals surface area contributed by atoms with Gasteiger partial charge in [-0.3, -0.25) is 0 Å². The standard InChI is InChI=1S/C11H8ClN5/c12-7-2-1-6(3-8(7)13)10-16-9-4-14-5-15-11(9)17-10/h1-5H,13H2,(H,14,15,16,17). The summed E-state index contributed by atoms with van der Waals surface area (Å²) in [6.07, 6.45) is 3.14. The van der Waals surface area contributed by atoms with Crippen LogP contribution in [0.15, 0.2) is 30.7 Å². The number of hydrogen-bond donors (Lipinski definition) is 2. The fourth-order valence-electron chi connectivity index (χ4n) is 1.59. The van der Waals surface area contributed by atoms with Gasteiger partial charge in [-0.15, -0.1) is 0 Å². The molecular formula is C11H8ClN5. The minimum atomic E-state index is 0.524. The van der Waals surface area contributed by atoms with Crippen molar-refractivity contribution in [3.8, 4) is 11.4 Å². The van der Waals surface area contributed by atoms with Gasteiger partial charge in [0.15, 0.2) is 5.65 Å². The molecule has 0 unspecified atom stereocenters. The fourth-order valence-corrected chi connectivity index (χ4v) is 1.71. The largest absolute Gasteiger partial charge is 0.398 e. The van der Waals surface area contributed by atoms with Gasteiger partial charge in [0.1, 0.15) is 17.7 Å². The fraction of sp³-hybridized carbons (Fsp3) is 0. The van der Waals surface area contributed by atoms with E-state index < -0.39 is 0 Å². The Hall–Kier alpha value is -2.14. The van der Waals surface area contributed by atoms with E-state index in [0.717, 1.165) is 11.1 Å². The van der Waals surface area contributed by atoms with Crippen LogP contribution in [0.4, 0.5) is 5.69 Å². The molecule has 0 radical (unpaired) electrons. The van der Waals surface area contributed by atoms with Gasteiger partial charge in [-0.05, 0) is 18.2 Å². The molecule has 0 bridgehead atoms. The van der Waals surface area contributed by atoms with Crippen LogP contribution in [0.25, 0.3) is 22.6 Å². The lowest BCUT2D eigenvalue weighted by atomic mass is 10.2. The molecule has 3 N–H and O–H groups in total. The average Bonchev–Trinajstić information content (AvgIpc) is 2.76. The van der Waals surface area contributed by atoms with Gasteiger partial charge >= 0.3 is 0 Å². The molecule has 0 amide bonds. The molecular weight excluding hydrogens is 238 g/mol. The van der Waals surface area contributed by atoms with Crippen molar-refractivity contribution in [2.24, 2.45) is 0 Å². The number of H-pyrrole nitrogens is 1. The molecule has 0 spiro atoms. The van der Waals surface area contributed by atoms with Crippen molar-refractivity contribution in [2.45, 2.75) is 0 Å². The van der Waals surface area contributed by atoms with E-state index in [-0.39, 0.29) is 0 Å². The maximum absolute atomic E-state index is 5.87. The first-order valence-corrected chi connectivity index (χ1v) is 5.33. The van der Waals surface area contributed by atoms with Gasteiger partial charge in [0.25, 0.3) is 0 Å². The van der Waals surface area contributed by atoms with Crippen molar-refractivity contribution in [2.75, 3.05) is 5.73 Å². The second-order valence-corrected chi connectivity index (χ2v) is 3.99. The Morgan fingerprint density at radius 3 is 2.94 bits per heavy atom. The van der Waals surface area contributed by atoms with Crippen molar-refractivity contribution in [1.29, 1.82) is 0 Å². The minimum absolute atomic E-state index is 0.524. The van der Waals surface area contributed by atoms with Gasteiger partial charge in [0.2, 0.25) is 0 Å². The summed E-state index contributed by atoms with van der Waals surface area (Å²) < 4.78 is 0. The Balaban J connectivity index is 2.17. The molecule has 17 heavy (non-hydrogen) atoms. The summed E-state index contributed by atoms with van der Waals surface area (Å²) in [5.41, 5.74) is 8.56. The van der Waals surface area contributed by atoms with Crippen LogP contribution in [0, 0.1) is 0 Å². The lowest BCUT2D eigenvalue weighted by molar-refractivity contribution is 1.20. The number of aromatic nitrogens is 4. The van der Waals surface area contributed by atoms with E-state index >= 15 is 0 Å². The summed E-state index contributed by atoms with van der Waals surface area (Å²) in [4.78, 5) is 15.5. The number of benzene rings is 1. The van der Waals surface area contributed by atoms with Crippen LogP contribution >= 0.6 is 11.6 Å². The normalized spacial score (nSPS) is 10.9. The number of imidazole rings is 1. The molecule has 3 aromatic rings. The second-order valence-electron chi connectivity index (χ2n) is 3.58. The zero-order chi connectivity index (χ0) is 11.8. The summed E-state index contributed by atoms with van der Waals surface area (Å²) in [7, 11) is 0. The number of fused-ring (bicyclic) bond motifs is 1. The van der Waals surface area contributed by atoms with E-state index in [1.54, 1.807) is 18.3 Å². The molecule has 0 saturated heterocycles. The summed E-state index contributed by atoms with van der Waals surface area (Å²) in [5, 5.41) is 0.532. The van der Waals surface area contributed by atoms with Crippen molar-refractivity contribution in [3.05, 3.63) is 35.7 Å². The Morgan fingerprint density at radius 1 is 1.29 bits per heavy atom. The molecule has 5 nitrogen and oxygen atoms in total. The first-order valence-electron chi connectivity index (χ1n) is 4.95. The minimum Gasteiger partial charge on any atom is -0.398 e. The third-order valence-corrected chi connectivity index (χ3v) is 2.78. The van der Waals surface area contributed by atoms with Crippen LogP contribution < -0.4 is 5.73 Å². The molecule has 1 aromatic carbocycles. The molecule has 0 aliphatic heterocycles. The molecule has 2 aromatic heterocycles. The zero-order valence-electron chi connectivity index (χ0n) is 8.68. The molecule has 0 saturated carbocycles. The summed E-state index contributed by atoms with van der Waals surface area (Å²) in [6, 6.07) is 5.36. The second kappa shape index (κ2) is 3.71. The number of aromatic amines is 1. The van der Waals surface area contributed by atoms with E-state index in [1.165, 1.54) is 6.33 Å². The van der Waals surface area contributed by atoms with Gasteiger partial charge < -0.3 is 10.7 Å². The first-order chi connectivity index (χ1) is 8.24. The molecule has 0 aliphatic rings. The quantitative estimate of drug-likeness (QED) is 0.645. The van der Waals surface area contributed by atoms with Crippen molar-refractivity contribution >= 4 is 28.5 Å². The Labute approximate surface area is 102 Å². The number of nitrogens with two attached hydrogens (primary N) is 1. The highest BCUT2D eigenvalue weighted by Gasteiger charge is 2.07. The van der Waals surface area contributed by atoms with E-state index in [2.05, 4.69) is 19.9 Å². The van der Waals surface area contributed by atoms with Gasteiger partial charge in [-0.1, -0.05) is 11.6 Å². The zero-order valence-corrected chi connectivity index (χ0v) is 9.44. The van der Waals surface area contributed by atoms with Crippen LogP contribution in [0.5, 0.6) is 0 Å². The number of anilines is 1. The predicted octanol–water partition coefficient (Wildman–Crippen LogP) is 2.26. The van der Waals surface area contributed by atoms with Crippen LogP contribution in [-0.2, 0) is 0 Å². The predicted molar refractivity (Wildman–Crippen MR) is 66.5 cm³/mol. The van der Waals surface area contributed by atoms with E-state index in [1.807, 2.05) is 6.07 Å². The molecule has 2 heterocycles. The number of nitrogens with one attached hydrogen (secondary N) is 1. The smallest absolute Gasteiger partial charge is 0.181 e. The van der Waals surface area contributed by atoms with Crippen LogP contribution in [0.3, 0.4) is 0 Å². The molecule has 6 heteroatoms. The molecule has 0 aliphatic carbocycles. The molecule has 0 fully saturated rings. The monoisotopic (exact) mass is 245 g/mol. The summed E-state index contributed by atoms with van der Waals surface area (Å²) in [6.45, 7) is 0. The third kappa shape index (κ3) is 1.70. The molecule has 84 valence electrons. The van der Waals surface area contributed by atoms with Crippen molar-refractivity contribution < 1.29 is 0 Å². The average molecular weight is 246 g/mol. The highest BCUT2D eigenvalue weighted by Crippen LogP contribution is 2.25. The highest BCUT2D eigenvalue weighted by atomic mass is 35.5. The Bertz CT molecular complexity index is 658. The van der Waals surface area contributed by atoms with Crippen LogP contribution in [-0.4, -0.2) is 19.9 Å². The van der Waals surface area contributed by atoms with Crippen LogP contribution in [0.2, 0.25) is 5.02 Å². The molecule has 0 atom stereocenters. The van der Waals surface area contributed by atoms with Gasteiger partial charge in [0, 0.05) is 5.56 Å². The number of nitrogens with zero attached hydrogens (tertiary/aromatic N) is 3. The van der Waals surface area contributed by atoms with Gasteiger partial charge in [0.05, 0.1) is 16.9 Å². The maximum Gasteiger partial charge on any atom is 0.181 e. The maximum atomic E-state index is 5.87. The summed E-state index contributed by atoms with van der Waals surface area (Å²) in [5.74, 6) is 0.698. The SMILES string of the molecule is Nc1cc(-c2nc3ncncc3[nH]2)ccc1Cl. The number of rotatable bonds is 1. The lowest BCUT2D eigenvalue weighted by Crippen LogP contribution is -1.88. The summed E-state index contributed by atoms with van der Waals surface area (Å²) >= 11 is 5.87. The van der Waals surface area contributed by atoms with E-state index in [4.69, 9.17) is 17.3 Å². The Kier molecular flexibility index (Phi) is 2.19. The van der Waals surface area contributed by atoms with Crippen molar-refractivity contribution in [1.82, 2.24) is 19.9 Å². The van der Waals surface area contributed by atoms with Gasteiger partial charge in [-0.25, -0.2) is 15.0 Å². The number of hydrogen-bond acceptors (Lipinski definition) is 4. The van der Waals surface area contributed by atoms with Crippen LogP contribution in [0.1, 0.15) is 0 Å². The van der Waals surface area contributed by atoms with E-state index in [9.17, 15) is 0 Å². The number of nitrogen functional groups attached to an aromatic ring is 1. The Morgan fingerprint density at radius 2 is 2.18 bits per heavy atom. The van der Waals surface area contributed by atoms with E-state index in [0.29, 0.717) is 22.2 Å². The topological polar surface area (TPSA) is 80.5 Å². The number of halogens is 1. The lowest BCUT2D eigenvalue weighted by Gasteiger charge is -2.00. The highest BCUT2D eigenvalue weighted by molar-refractivity contribution is 6.33. The third-order valence-electron chi connectivity index (χ3n) is 2.43. The van der Waals surface area contributed by atoms with Gasteiger partial charge in [-0.2, -0.15) is 0 Å². The first kappa shape index (κ1) is 10.0. The van der Waals surface area contributed by atoms with Crippen molar-refractivity contribution in [3.63, 3.8) is 0 Å². The molecule has 3 rings (SSSR count).